The van der Waals surface area contributed by atoms with Gasteiger partial charge in [-0.25, -0.2) is 15.0 Å². The molecule has 4 heterocycles. The van der Waals surface area contributed by atoms with Gasteiger partial charge in [0, 0.05) is 50.5 Å². The van der Waals surface area contributed by atoms with Crippen molar-refractivity contribution in [3.63, 3.8) is 0 Å². The largest absolute Gasteiger partial charge is 0.491 e. The van der Waals surface area contributed by atoms with Gasteiger partial charge >= 0.3 is 0 Å². The zero-order chi connectivity index (χ0) is 23.3. The van der Waals surface area contributed by atoms with Crippen molar-refractivity contribution in [2.45, 2.75) is 13.0 Å². The molecule has 34 heavy (non-hydrogen) atoms. The molecule has 0 atom stereocenters. The molecule has 0 saturated carbocycles. The van der Waals surface area contributed by atoms with E-state index in [2.05, 4.69) is 25.2 Å². The quantitative estimate of drug-likeness (QED) is 0.512. The van der Waals surface area contributed by atoms with Gasteiger partial charge in [-0.1, -0.05) is 0 Å². The Morgan fingerprint density at radius 2 is 2.03 bits per heavy atom. The van der Waals surface area contributed by atoms with Crippen LogP contribution in [0.1, 0.15) is 16.8 Å². The van der Waals surface area contributed by atoms with Gasteiger partial charge in [0.2, 0.25) is 5.62 Å². The van der Waals surface area contributed by atoms with E-state index in [4.69, 9.17) is 19.2 Å². The highest BCUT2D eigenvalue weighted by molar-refractivity contribution is 5.96. The van der Waals surface area contributed by atoms with Gasteiger partial charge in [0.05, 0.1) is 32.5 Å². The maximum Gasteiger partial charge on any atom is 0.283 e. The number of morpholine rings is 1. The lowest BCUT2D eigenvalue weighted by molar-refractivity contribution is 0.0357. The molecule has 0 spiro atoms. The Bertz CT molecular complexity index is 1240. The summed E-state index contributed by atoms with van der Waals surface area (Å²) in [5, 5.41) is 4.25. The zero-order valence-electron chi connectivity index (χ0n) is 19.1. The molecule has 0 bridgehead atoms. The van der Waals surface area contributed by atoms with E-state index in [-0.39, 0.29) is 0 Å². The molecule has 1 N–H and O–H groups in total. The van der Waals surface area contributed by atoms with Crippen molar-refractivity contribution >= 4 is 22.6 Å². The topological polar surface area (TPSA) is 116 Å². The van der Waals surface area contributed by atoms with Crippen LogP contribution in [0.3, 0.4) is 0 Å². The van der Waals surface area contributed by atoms with Gasteiger partial charge in [0.15, 0.2) is 11.5 Å². The summed E-state index contributed by atoms with van der Waals surface area (Å²) in [6, 6.07) is 3.87. The van der Waals surface area contributed by atoms with Crippen molar-refractivity contribution in [1.29, 1.82) is 0 Å². The van der Waals surface area contributed by atoms with Gasteiger partial charge in [-0.2, -0.15) is 4.99 Å². The maximum atomic E-state index is 12.7. The average molecular weight is 466 g/mol. The van der Waals surface area contributed by atoms with Crippen LogP contribution in [0.15, 0.2) is 35.8 Å². The van der Waals surface area contributed by atoms with Crippen LogP contribution in [0.4, 0.5) is 5.82 Å². The van der Waals surface area contributed by atoms with E-state index >= 15 is 0 Å². The van der Waals surface area contributed by atoms with Crippen LogP contribution in [-0.2, 0) is 11.3 Å². The summed E-state index contributed by atoms with van der Waals surface area (Å²) in [5.41, 5.74) is 1.18. The number of hydrogen-bond donors (Lipinski definition) is 1. The molecule has 1 fully saturated rings. The summed E-state index contributed by atoms with van der Waals surface area (Å²) in [6.07, 6.45) is 5.14. The molecule has 0 unspecified atom stereocenters. The maximum absolute atomic E-state index is 12.7. The highest BCUT2D eigenvalue weighted by Gasteiger charge is 2.21. The van der Waals surface area contributed by atoms with Crippen molar-refractivity contribution in [3.05, 3.63) is 42.0 Å². The molecule has 2 aliphatic heterocycles. The Hall–Kier alpha value is -3.57. The predicted molar refractivity (Wildman–Crippen MR) is 124 cm³/mol. The summed E-state index contributed by atoms with van der Waals surface area (Å²) in [6.45, 7) is 6.37. The third-order valence-corrected chi connectivity index (χ3v) is 5.89. The second-order valence-electron chi connectivity index (χ2n) is 8.03. The number of amides is 1. The number of aromatic nitrogens is 4. The molecule has 2 aliphatic rings. The first-order chi connectivity index (χ1) is 16.7. The molecule has 2 aromatic heterocycles. The minimum absolute atomic E-state index is 0.295. The lowest BCUT2D eigenvalue weighted by atomic mass is 10.2. The van der Waals surface area contributed by atoms with Crippen LogP contribution in [-0.4, -0.2) is 83.4 Å². The van der Waals surface area contributed by atoms with E-state index < -0.39 is 5.91 Å². The Balaban J connectivity index is 1.44. The van der Waals surface area contributed by atoms with Crippen LogP contribution in [0, 0.1) is 0 Å². The predicted octanol–water partition coefficient (Wildman–Crippen LogP) is 1.10. The number of rotatable bonds is 7. The number of hydrogen-bond acceptors (Lipinski definition) is 9. The Kier molecular flexibility index (Phi) is 6.63. The molecule has 11 nitrogen and oxygen atoms in total. The van der Waals surface area contributed by atoms with Crippen LogP contribution in [0.5, 0.6) is 11.5 Å². The minimum atomic E-state index is -0.455. The second-order valence-corrected chi connectivity index (χ2v) is 8.03. The molecule has 0 aliphatic carbocycles. The van der Waals surface area contributed by atoms with Crippen molar-refractivity contribution in [2.24, 2.45) is 4.99 Å². The van der Waals surface area contributed by atoms with E-state index in [0.717, 1.165) is 50.5 Å². The van der Waals surface area contributed by atoms with Crippen LogP contribution in [0.25, 0.3) is 10.9 Å². The number of ether oxygens (including phenoxy) is 3. The van der Waals surface area contributed by atoms with Gasteiger partial charge in [0.25, 0.3) is 5.91 Å². The van der Waals surface area contributed by atoms with Gasteiger partial charge in [-0.3, -0.25) is 14.3 Å². The zero-order valence-corrected chi connectivity index (χ0v) is 19.1. The summed E-state index contributed by atoms with van der Waals surface area (Å²) in [7, 11) is 1.59. The van der Waals surface area contributed by atoms with E-state index in [1.54, 1.807) is 7.11 Å². The van der Waals surface area contributed by atoms with Crippen molar-refractivity contribution in [2.75, 3.05) is 58.4 Å². The van der Waals surface area contributed by atoms with E-state index in [1.807, 2.05) is 16.7 Å². The lowest BCUT2D eigenvalue weighted by Gasteiger charge is -2.26. The van der Waals surface area contributed by atoms with Gasteiger partial charge < -0.3 is 19.5 Å². The summed E-state index contributed by atoms with van der Waals surface area (Å²) in [4.78, 5) is 31.8. The third kappa shape index (κ3) is 4.57. The molecule has 5 rings (SSSR count). The summed E-state index contributed by atoms with van der Waals surface area (Å²) in [5.74, 6) is 1.52. The molecule has 178 valence electrons. The number of carbonyl (C=O) groups excluding carboxylic acids is 1. The number of fused-ring (bicyclic) bond motifs is 3. The van der Waals surface area contributed by atoms with Gasteiger partial charge in [0.1, 0.15) is 17.7 Å². The molecular weight excluding hydrogens is 438 g/mol. The minimum Gasteiger partial charge on any atom is -0.491 e. The number of benzene rings is 1. The van der Waals surface area contributed by atoms with Crippen LogP contribution < -0.4 is 20.4 Å². The fourth-order valence-corrected chi connectivity index (χ4v) is 4.21. The van der Waals surface area contributed by atoms with Crippen LogP contribution in [0.2, 0.25) is 0 Å². The van der Waals surface area contributed by atoms with Crippen molar-refractivity contribution < 1.29 is 19.0 Å². The number of methoxy groups -OCH3 is 1. The van der Waals surface area contributed by atoms with E-state index in [0.29, 0.717) is 47.9 Å². The first kappa shape index (κ1) is 22.2. The molecule has 1 amide bonds. The number of anilines is 1. The molecule has 11 heteroatoms. The molecule has 3 aromatic rings. The number of nitrogens with one attached hydrogen (secondary N) is 1. The standard InChI is InChI=1S/C23H27N7O4/c1-32-20-18(34-10-2-6-29-8-11-33-12-9-29)4-3-17-19(20)27-23(30-7-5-26-21(17)30)28-22(31)16-13-24-15-25-14-16/h3-4,13-15,26H,2,5-12H2,1H3. The van der Waals surface area contributed by atoms with Crippen molar-refractivity contribution in [3.8, 4) is 11.5 Å². The fourth-order valence-electron chi connectivity index (χ4n) is 4.21. The first-order valence-electron chi connectivity index (χ1n) is 11.4. The van der Waals surface area contributed by atoms with Crippen molar-refractivity contribution in [1.82, 2.24) is 24.4 Å². The molecule has 1 aromatic carbocycles. The number of nitrogens with zero attached hydrogens (tertiary/aromatic N) is 6. The second kappa shape index (κ2) is 10.1. The molecule has 1 saturated heterocycles. The molecule has 0 radical (unpaired) electrons. The third-order valence-electron chi connectivity index (χ3n) is 5.89. The Morgan fingerprint density at radius 3 is 2.82 bits per heavy atom. The SMILES string of the molecule is COc1c(OCCCN2CCOCC2)ccc2c3n(c(=NC(=O)c4cncnc4)nc12)CCN3. The first-order valence-corrected chi connectivity index (χ1v) is 11.4. The van der Waals surface area contributed by atoms with E-state index in [1.165, 1.54) is 18.7 Å². The Morgan fingerprint density at radius 1 is 1.21 bits per heavy atom. The average Bonchev–Trinajstić information content (AvgIpc) is 3.38. The lowest BCUT2D eigenvalue weighted by Crippen LogP contribution is -2.37. The number of carbonyl (C=O) groups is 1. The highest BCUT2D eigenvalue weighted by atomic mass is 16.5. The normalized spacial score (nSPS) is 16.3. The smallest absolute Gasteiger partial charge is 0.283 e. The summed E-state index contributed by atoms with van der Waals surface area (Å²) < 4.78 is 19.1. The van der Waals surface area contributed by atoms with Gasteiger partial charge in [-0.05, 0) is 18.6 Å². The monoisotopic (exact) mass is 465 g/mol. The molecular formula is C23H27N7O4. The fraction of sp³-hybridized carbons (Fsp3) is 0.435. The highest BCUT2D eigenvalue weighted by Crippen LogP contribution is 2.37. The van der Waals surface area contributed by atoms with Gasteiger partial charge in [-0.15, -0.1) is 0 Å². The van der Waals surface area contributed by atoms with Crippen LogP contribution >= 0.6 is 0 Å². The summed E-state index contributed by atoms with van der Waals surface area (Å²) >= 11 is 0. The van der Waals surface area contributed by atoms with E-state index in [9.17, 15) is 4.79 Å². The Labute approximate surface area is 196 Å².